The number of aromatic nitrogens is 3. The molecule has 3 rings (SSSR count). The van der Waals surface area contributed by atoms with Crippen LogP contribution in [0, 0.1) is 0 Å². The summed E-state index contributed by atoms with van der Waals surface area (Å²) in [4.78, 5) is 16.2. The van der Waals surface area contributed by atoms with Crippen LogP contribution in [0.5, 0.6) is 0 Å². The van der Waals surface area contributed by atoms with Crippen LogP contribution < -0.4 is 5.32 Å². The smallest absolute Gasteiger partial charge is 0.230 e. The molecule has 1 N–H and O–H groups in total. The van der Waals surface area contributed by atoms with Gasteiger partial charge < -0.3 is 5.32 Å². The molecule has 1 amide bonds. The number of carbonyl (C=O) groups is 1. The molecular weight excluding hydrogens is 332 g/mol. The van der Waals surface area contributed by atoms with Gasteiger partial charge in [0.25, 0.3) is 0 Å². The molecule has 0 saturated carbocycles. The summed E-state index contributed by atoms with van der Waals surface area (Å²) in [5, 5.41) is 9.67. The Morgan fingerprint density at radius 1 is 1.30 bits per heavy atom. The van der Waals surface area contributed by atoms with Gasteiger partial charge in [0.1, 0.15) is 0 Å². The maximum Gasteiger partial charge on any atom is 0.230 e. The normalized spacial score (nSPS) is 10.9. The van der Waals surface area contributed by atoms with Gasteiger partial charge in [0.05, 0.1) is 33.6 Å². The number of halogens is 1. The van der Waals surface area contributed by atoms with Crippen LogP contribution in [0.4, 0.5) is 0 Å². The Bertz CT molecular complexity index is 835. The second-order valence-corrected chi connectivity index (χ2v) is 6.34. The zero-order chi connectivity index (χ0) is 16.2. The number of hydrogen-bond acceptors (Lipinski definition) is 4. The zero-order valence-electron chi connectivity index (χ0n) is 12.5. The van der Waals surface area contributed by atoms with Gasteiger partial charge in [-0.2, -0.15) is 5.10 Å². The third-order valence-electron chi connectivity index (χ3n) is 3.34. The van der Waals surface area contributed by atoms with Gasteiger partial charge in [-0.1, -0.05) is 35.5 Å². The van der Waals surface area contributed by atoms with E-state index in [0.717, 1.165) is 21.6 Å². The highest BCUT2D eigenvalue weighted by Crippen LogP contribution is 2.26. The number of nitrogens with one attached hydrogen (secondary N) is 1. The molecule has 0 aliphatic carbocycles. The molecule has 2 aromatic heterocycles. The number of fused-ring (bicyclic) bond motifs is 1. The maximum atomic E-state index is 12.0. The van der Waals surface area contributed by atoms with E-state index in [1.807, 2.05) is 43.4 Å². The monoisotopic (exact) mass is 346 g/mol. The van der Waals surface area contributed by atoms with Crippen LogP contribution in [0.25, 0.3) is 10.9 Å². The van der Waals surface area contributed by atoms with Gasteiger partial charge in [0.15, 0.2) is 0 Å². The molecule has 23 heavy (non-hydrogen) atoms. The molecule has 0 atom stereocenters. The van der Waals surface area contributed by atoms with Crippen molar-refractivity contribution in [1.82, 2.24) is 20.1 Å². The zero-order valence-corrected chi connectivity index (χ0v) is 14.1. The van der Waals surface area contributed by atoms with Crippen LogP contribution in [0.1, 0.15) is 5.69 Å². The summed E-state index contributed by atoms with van der Waals surface area (Å²) in [6, 6.07) is 11.3. The lowest BCUT2D eigenvalue weighted by Gasteiger charge is -2.04. The van der Waals surface area contributed by atoms with E-state index >= 15 is 0 Å². The van der Waals surface area contributed by atoms with E-state index in [4.69, 9.17) is 11.6 Å². The quantitative estimate of drug-likeness (QED) is 0.721. The summed E-state index contributed by atoms with van der Waals surface area (Å²) in [6.07, 6.45) is 1.71. The van der Waals surface area contributed by atoms with Crippen molar-refractivity contribution in [3.63, 3.8) is 0 Å². The second kappa shape index (κ2) is 7.02. The average molecular weight is 347 g/mol. The minimum atomic E-state index is -0.0634. The summed E-state index contributed by atoms with van der Waals surface area (Å²) >= 11 is 7.65. The van der Waals surface area contributed by atoms with E-state index in [2.05, 4.69) is 15.4 Å². The molecule has 0 fully saturated rings. The third-order valence-corrected chi connectivity index (χ3v) is 4.60. The van der Waals surface area contributed by atoms with E-state index in [9.17, 15) is 4.79 Å². The molecule has 3 aromatic rings. The number of thioether (sulfide) groups is 1. The van der Waals surface area contributed by atoms with Crippen LogP contribution in [0.2, 0.25) is 5.02 Å². The van der Waals surface area contributed by atoms with Crippen molar-refractivity contribution in [2.24, 2.45) is 7.05 Å². The van der Waals surface area contributed by atoms with Crippen molar-refractivity contribution in [1.29, 1.82) is 0 Å². The van der Waals surface area contributed by atoms with E-state index in [-0.39, 0.29) is 5.91 Å². The third kappa shape index (κ3) is 3.65. The summed E-state index contributed by atoms with van der Waals surface area (Å²) in [5.41, 5.74) is 1.72. The van der Waals surface area contributed by atoms with E-state index in [1.165, 1.54) is 11.8 Å². The Morgan fingerprint density at radius 3 is 2.96 bits per heavy atom. The number of amides is 1. The molecule has 5 nitrogen and oxygen atoms in total. The summed E-state index contributed by atoms with van der Waals surface area (Å²) in [7, 11) is 1.86. The van der Waals surface area contributed by atoms with E-state index in [1.54, 1.807) is 10.9 Å². The van der Waals surface area contributed by atoms with Crippen LogP contribution in [0.3, 0.4) is 0 Å². The molecule has 7 heteroatoms. The molecule has 0 aliphatic heterocycles. The highest BCUT2D eigenvalue weighted by atomic mass is 35.5. The van der Waals surface area contributed by atoms with Crippen molar-refractivity contribution in [3.05, 3.63) is 53.3 Å². The number of carbonyl (C=O) groups excluding carboxylic acids is 1. The van der Waals surface area contributed by atoms with Crippen molar-refractivity contribution in [2.45, 2.75) is 11.6 Å². The number of hydrogen-bond donors (Lipinski definition) is 1. The standard InChI is InChI=1S/C16H15ClN4OS/c1-21-13-6-4-5-11(17)16(13)12(20-21)9-19-14(22)10-23-15-7-2-3-8-18-15/h2-8H,9-10H2,1H3,(H,19,22). The first-order chi connectivity index (χ1) is 11.1. The van der Waals surface area contributed by atoms with Gasteiger partial charge in [-0.15, -0.1) is 0 Å². The Morgan fingerprint density at radius 2 is 2.17 bits per heavy atom. The molecule has 0 bridgehead atoms. The fourth-order valence-corrected chi connectivity index (χ4v) is 3.25. The number of rotatable bonds is 5. The van der Waals surface area contributed by atoms with Gasteiger partial charge >= 0.3 is 0 Å². The summed E-state index contributed by atoms with van der Waals surface area (Å²) in [5.74, 6) is 0.252. The minimum absolute atomic E-state index is 0.0634. The van der Waals surface area contributed by atoms with Gasteiger partial charge in [-0.3, -0.25) is 9.48 Å². The Kier molecular flexibility index (Phi) is 4.83. The molecule has 0 saturated heterocycles. The predicted octanol–water partition coefficient (Wildman–Crippen LogP) is 3.03. The van der Waals surface area contributed by atoms with Gasteiger partial charge in [0.2, 0.25) is 5.91 Å². The number of nitrogens with zero attached hydrogens (tertiary/aromatic N) is 3. The molecule has 0 spiro atoms. The summed E-state index contributed by atoms with van der Waals surface area (Å²) in [6.45, 7) is 0.350. The van der Waals surface area contributed by atoms with Crippen LogP contribution in [-0.2, 0) is 18.4 Å². The SMILES string of the molecule is Cn1nc(CNC(=O)CSc2ccccn2)c2c(Cl)cccc21. The number of pyridine rings is 1. The fourth-order valence-electron chi connectivity index (χ4n) is 2.28. The van der Waals surface area contributed by atoms with Crippen molar-refractivity contribution in [3.8, 4) is 0 Å². The Balaban J connectivity index is 1.63. The van der Waals surface area contributed by atoms with Gasteiger partial charge in [-0.05, 0) is 24.3 Å². The molecule has 1 aromatic carbocycles. The Labute approximate surface area is 143 Å². The Hall–Kier alpha value is -2.05. The lowest BCUT2D eigenvalue weighted by Crippen LogP contribution is -2.25. The molecule has 0 aliphatic rings. The summed E-state index contributed by atoms with van der Waals surface area (Å²) < 4.78 is 1.77. The first-order valence-electron chi connectivity index (χ1n) is 7.06. The first-order valence-corrected chi connectivity index (χ1v) is 8.42. The highest BCUT2D eigenvalue weighted by molar-refractivity contribution is 7.99. The van der Waals surface area contributed by atoms with Crippen LogP contribution >= 0.6 is 23.4 Å². The molecular formula is C16H15ClN4OS. The molecule has 0 unspecified atom stereocenters. The average Bonchev–Trinajstić information content (AvgIpc) is 2.90. The van der Waals surface area contributed by atoms with E-state index in [0.29, 0.717) is 17.3 Å². The van der Waals surface area contributed by atoms with Crippen molar-refractivity contribution in [2.75, 3.05) is 5.75 Å². The minimum Gasteiger partial charge on any atom is -0.350 e. The van der Waals surface area contributed by atoms with Crippen molar-refractivity contribution < 1.29 is 4.79 Å². The molecule has 2 heterocycles. The van der Waals surface area contributed by atoms with Gasteiger partial charge in [0, 0.05) is 18.6 Å². The molecule has 118 valence electrons. The lowest BCUT2D eigenvalue weighted by molar-refractivity contribution is -0.118. The lowest BCUT2D eigenvalue weighted by atomic mass is 10.2. The number of aryl methyl sites for hydroxylation is 1. The fraction of sp³-hybridized carbons (Fsp3) is 0.188. The van der Waals surface area contributed by atoms with Crippen LogP contribution in [-0.4, -0.2) is 26.4 Å². The van der Waals surface area contributed by atoms with E-state index < -0.39 is 0 Å². The first kappa shape index (κ1) is 15.8. The van der Waals surface area contributed by atoms with Crippen LogP contribution in [0.15, 0.2) is 47.6 Å². The highest BCUT2D eigenvalue weighted by Gasteiger charge is 2.12. The second-order valence-electron chi connectivity index (χ2n) is 4.94. The number of benzene rings is 1. The molecule has 0 radical (unpaired) electrons. The topological polar surface area (TPSA) is 59.8 Å². The van der Waals surface area contributed by atoms with Crippen molar-refractivity contribution >= 4 is 40.2 Å². The largest absolute Gasteiger partial charge is 0.350 e. The van der Waals surface area contributed by atoms with Gasteiger partial charge in [-0.25, -0.2) is 4.98 Å². The maximum absolute atomic E-state index is 12.0. The predicted molar refractivity (Wildman–Crippen MR) is 92.5 cm³/mol.